The van der Waals surface area contributed by atoms with Crippen molar-refractivity contribution in [2.24, 2.45) is 0 Å². The summed E-state index contributed by atoms with van der Waals surface area (Å²) in [4.78, 5) is 10.1. The summed E-state index contributed by atoms with van der Waals surface area (Å²) >= 11 is 0. The fraction of sp³-hybridized carbons (Fsp3) is 0.800. The summed E-state index contributed by atoms with van der Waals surface area (Å²) in [5.41, 5.74) is 0. The standard InChI is InChI=1S/C5H4F4O3/c1-4(6)2(5(7,8)9)11-3(10)12-4/h2H,1H3. The van der Waals surface area contributed by atoms with E-state index in [1.807, 2.05) is 0 Å². The van der Waals surface area contributed by atoms with Crippen LogP contribution in [0, 0.1) is 0 Å². The minimum atomic E-state index is -4.95. The predicted octanol–water partition coefficient (Wildman–Crippen LogP) is 1.77. The highest BCUT2D eigenvalue weighted by Crippen LogP contribution is 2.38. The lowest BCUT2D eigenvalue weighted by molar-refractivity contribution is -0.242. The second-order valence-corrected chi connectivity index (χ2v) is 2.38. The first kappa shape index (κ1) is 9.08. The second kappa shape index (κ2) is 2.24. The Morgan fingerprint density at radius 3 is 2.17 bits per heavy atom. The number of cyclic esters (lactones) is 2. The quantitative estimate of drug-likeness (QED) is 0.429. The Labute approximate surface area is 64.2 Å². The molecule has 1 aliphatic rings. The number of carbonyl (C=O) groups is 1. The third-order valence-electron chi connectivity index (χ3n) is 1.26. The van der Waals surface area contributed by atoms with Crippen LogP contribution in [-0.2, 0) is 9.47 Å². The molecule has 0 radical (unpaired) electrons. The molecule has 0 aromatic rings. The molecule has 0 aromatic carbocycles. The van der Waals surface area contributed by atoms with E-state index in [0.29, 0.717) is 6.92 Å². The van der Waals surface area contributed by atoms with Crippen molar-refractivity contribution in [1.82, 2.24) is 0 Å². The first-order valence-electron chi connectivity index (χ1n) is 2.89. The molecular weight excluding hydrogens is 184 g/mol. The molecule has 0 saturated carbocycles. The zero-order valence-electron chi connectivity index (χ0n) is 5.81. The van der Waals surface area contributed by atoms with Crippen molar-refractivity contribution >= 4 is 6.16 Å². The average Bonchev–Trinajstić information content (AvgIpc) is 2.02. The zero-order valence-corrected chi connectivity index (χ0v) is 5.81. The van der Waals surface area contributed by atoms with Gasteiger partial charge in [-0.05, 0) is 0 Å². The van der Waals surface area contributed by atoms with Crippen molar-refractivity contribution in [3.63, 3.8) is 0 Å². The first-order chi connectivity index (χ1) is 5.23. The maximum Gasteiger partial charge on any atom is 0.512 e. The molecule has 0 bridgehead atoms. The fourth-order valence-corrected chi connectivity index (χ4v) is 0.801. The van der Waals surface area contributed by atoms with Gasteiger partial charge < -0.3 is 9.47 Å². The van der Waals surface area contributed by atoms with Crippen molar-refractivity contribution in [1.29, 1.82) is 0 Å². The van der Waals surface area contributed by atoms with Gasteiger partial charge in [-0.25, -0.2) is 4.79 Å². The van der Waals surface area contributed by atoms with Crippen LogP contribution in [0.4, 0.5) is 22.4 Å². The normalized spacial score (nSPS) is 36.1. The van der Waals surface area contributed by atoms with Crippen LogP contribution in [0.5, 0.6) is 0 Å². The van der Waals surface area contributed by atoms with Crippen molar-refractivity contribution in [3.05, 3.63) is 0 Å². The van der Waals surface area contributed by atoms with Gasteiger partial charge in [0.1, 0.15) is 0 Å². The number of ether oxygens (including phenoxy) is 2. The third kappa shape index (κ3) is 1.44. The maximum atomic E-state index is 12.7. The van der Waals surface area contributed by atoms with Gasteiger partial charge in [0, 0.05) is 6.92 Å². The van der Waals surface area contributed by atoms with Gasteiger partial charge in [-0.2, -0.15) is 17.6 Å². The number of alkyl halides is 4. The summed E-state index contributed by atoms with van der Waals surface area (Å²) in [6.07, 6.45) is -9.44. The SMILES string of the molecule is CC1(F)OC(=O)OC1C(F)(F)F. The lowest BCUT2D eigenvalue weighted by Crippen LogP contribution is -2.43. The Balaban J connectivity index is 2.86. The monoisotopic (exact) mass is 188 g/mol. The molecule has 1 heterocycles. The molecule has 12 heavy (non-hydrogen) atoms. The Morgan fingerprint density at radius 1 is 1.50 bits per heavy atom. The maximum absolute atomic E-state index is 12.7. The molecule has 0 N–H and O–H groups in total. The van der Waals surface area contributed by atoms with E-state index in [1.54, 1.807) is 0 Å². The minimum Gasteiger partial charge on any atom is -0.414 e. The smallest absolute Gasteiger partial charge is 0.414 e. The van der Waals surface area contributed by atoms with E-state index in [-0.39, 0.29) is 0 Å². The van der Waals surface area contributed by atoms with Gasteiger partial charge in [0.25, 0.3) is 12.0 Å². The highest BCUT2D eigenvalue weighted by Gasteiger charge is 2.62. The Morgan fingerprint density at radius 2 is 2.00 bits per heavy atom. The number of hydrogen-bond acceptors (Lipinski definition) is 3. The van der Waals surface area contributed by atoms with Crippen LogP contribution in [0.25, 0.3) is 0 Å². The van der Waals surface area contributed by atoms with Crippen LogP contribution in [-0.4, -0.2) is 24.3 Å². The molecule has 1 aliphatic heterocycles. The largest absolute Gasteiger partial charge is 0.512 e. The second-order valence-electron chi connectivity index (χ2n) is 2.38. The summed E-state index contributed by atoms with van der Waals surface area (Å²) in [5.74, 6) is -3.13. The van der Waals surface area contributed by atoms with Gasteiger partial charge in [-0.1, -0.05) is 0 Å². The van der Waals surface area contributed by atoms with Crippen molar-refractivity contribution in [2.45, 2.75) is 25.1 Å². The molecule has 2 unspecified atom stereocenters. The van der Waals surface area contributed by atoms with Crippen molar-refractivity contribution in [3.8, 4) is 0 Å². The first-order valence-corrected chi connectivity index (χ1v) is 2.89. The van der Waals surface area contributed by atoms with Crippen LogP contribution in [0.1, 0.15) is 6.92 Å². The number of halogens is 4. The van der Waals surface area contributed by atoms with Gasteiger partial charge in [-0.15, -0.1) is 0 Å². The molecule has 1 rings (SSSR count). The van der Waals surface area contributed by atoms with Crippen LogP contribution < -0.4 is 0 Å². The van der Waals surface area contributed by atoms with E-state index in [4.69, 9.17) is 0 Å². The Hall–Kier alpha value is -1.01. The molecule has 70 valence electrons. The van der Waals surface area contributed by atoms with Crippen LogP contribution in [0.15, 0.2) is 0 Å². The van der Waals surface area contributed by atoms with Gasteiger partial charge in [0.2, 0.25) is 0 Å². The van der Waals surface area contributed by atoms with E-state index in [2.05, 4.69) is 9.47 Å². The highest BCUT2D eigenvalue weighted by atomic mass is 19.4. The molecule has 0 spiro atoms. The van der Waals surface area contributed by atoms with Gasteiger partial charge in [-0.3, -0.25) is 0 Å². The predicted molar refractivity (Wildman–Crippen MR) is 26.9 cm³/mol. The van der Waals surface area contributed by atoms with E-state index in [1.165, 1.54) is 0 Å². The topological polar surface area (TPSA) is 35.5 Å². The highest BCUT2D eigenvalue weighted by molar-refractivity contribution is 5.63. The molecule has 0 amide bonds. The van der Waals surface area contributed by atoms with Crippen molar-refractivity contribution in [2.75, 3.05) is 0 Å². The molecule has 0 aromatic heterocycles. The summed E-state index contributed by atoms with van der Waals surface area (Å²) in [6.45, 7) is 0.482. The molecule has 1 fully saturated rings. The zero-order chi connectivity index (χ0) is 9.57. The lowest BCUT2D eigenvalue weighted by Gasteiger charge is -2.19. The van der Waals surface area contributed by atoms with Crippen LogP contribution in [0.3, 0.4) is 0 Å². The molecule has 0 aliphatic carbocycles. The molecule has 7 heteroatoms. The summed E-state index contributed by atoms with van der Waals surface area (Å²) < 4.78 is 55.5. The van der Waals surface area contributed by atoms with Crippen LogP contribution >= 0.6 is 0 Å². The summed E-state index contributed by atoms with van der Waals surface area (Å²) in [6, 6.07) is 0. The fourth-order valence-electron chi connectivity index (χ4n) is 0.801. The number of carbonyl (C=O) groups excluding carboxylic acids is 1. The Bertz CT molecular complexity index is 209. The van der Waals surface area contributed by atoms with Crippen molar-refractivity contribution < 1.29 is 31.8 Å². The molecule has 2 atom stereocenters. The van der Waals surface area contributed by atoms with Gasteiger partial charge >= 0.3 is 12.3 Å². The summed E-state index contributed by atoms with van der Waals surface area (Å²) in [5, 5.41) is 0. The number of hydrogen-bond donors (Lipinski definition) is 0. The average molecular weight is 188 g/mol. The lowest BCUT2D eigenvalue weighted by atomic mass is 10.2. The van der Waals surface area contributed by atoms with Gasteiger partial charge in [0.15, 0.2) is 0 Å². The minimum absolute atomic E-state index is 0.482. The third-order valence-corrected chi connectivity index (χ3v) is 1.26. The number of rotatable bonds is 0. The van der Waals surface area contributed by atoms with E-state index >= 15 is 0 Å². The van der Waals surface area contributed by atoms with E-state index in [9.17, 15) is 22.4 Å². The molecule has 3 nitrogen and oxygen atoms in total. The molecule has 1 saturated heterocycles. The summed E-state index contributed by atoms with van der Waals surface area (Å²) in [7, 11) is 0. The molecular formula is C5H4F4O3. The van der Waals surface area contributed by atoms with Gasteiger partial charge in [0.05, 0.1) is 0 Å². The van der Waals surface area contributed by atoms with E-state index < -0.39 is 24.3 Å². The van der Waals surface area contributed by atoms with E-state index in [0.717, 1.165) is 0 Å². The van der Waals surface area contributed by atoms with Crippen LogP contribution in [0.2, 0.25) is 0 Å². The Kier molecular flexibility index (Phi) is 1.69.